The zero-order valence-corrected chi connectivity index (χ0v) is 16.4. The van der Waals surface area contributed by atoms with Gasteiger partial charge in [-0.25, -0.2) is 9.37 Å². The summed E-state index contributed by atoms with van der Waals surface area (Å²) in [7, 11) is 1.83. The molecule has 1 atom stereocenters. The summed E-state index contributed by atoms with van der Waals surface area (Å²) in [5.74, 6) is -1.01. The normalized spacial score (nSPS) is 16.8. The summed E-state index contributed by atoms with van der Waals surface area (Å²) in [6.45, 7) is 2.82. The quantitative estimate of drug-likeness (QED) is 0.740. The van der Waals surface area contributed by atoms with Crippen molar-refractivity contribution < 1.29 is 14.0 Å². The molecule has 0 saturated carbocycles. The van der Waals surface area contributed by atoms with Gasteiger partial charge in [0.2, 0.25) is 5.91 Å². The highest BCUT2D eigenvalue weighted by Crippen LogP contribution is 2.23. The summed E-state index contributed by atoms with van der Waals surface area (Å²) < 4.78 is 14.8. The number of piperidine rings is 1. The number of benzene rings is 1. The van der Waals surface area contributed by atoms with Crippen molar-refractivity contribution >= 4 is 28.5 Å². The number of hydrogen-bond donors (Lipinski definition) is 1. The molecular weight excluding hydrogens is 373 g/mol. The molecule has 0 spiro atoms. The summed E-state index contributed by atoms with van der Waals surface area (Å²) in [4.78, 5) is 31.5. The number of likely N-dealkylation sites (tertiary alicyclic amines) is 1. The van der Waals surface area contributed by atoms with E-state index in [2.05, 4.69) is 15.4 Å². The molecule has 3 heterocycles. The number of hydrogen-bond acceptors (Lipinski definition) is 4. The van der Waals surface area contributed by atoms with Crippen molar-refractivity contribution in [2.24, 2.45) is 13.0 Å². The molecule has 0 bridgehead atoms. The van der Waals surface area contributed by atoms with E-state index in [1.807, 2.05) is 20.0 Å². The third-order valence-electron chi connectivity index (χ3n) is 5.30. The van der Waals surface area contributed by atoms with E-state index in [1.165, 1.54) is 24.3 Å². The second kappa shape index (κ2) is 7.62. The summed E-state index contributed by atoms with van der Waals surface area (Å²) in [5.41, 5.74) is 2.64. The molecule has 1 aromatic carbocycles. The number of carbonyl (C=O) groups is 2. The zero-order valence-electron chi connectivity index (χ0n) is 16.4. The molecule has 0 aliphatic carbocycles. The Labute approximate surface area is 167 Å². The summed E-state index contributed by atoms with van der Waals surface area (Å²) >= 11 is 0. The highest BCUT2D eigenvalue weighted by molar-refractivity contribution is 5.97. The van der Waals surface area contributed by atoms with Crippen LogP contribution in [0.2, 0.25) is 0 Å². The van der Waals surface area contributed by atoms with Gasteiger partial charge in [0.1, 0.15) is 5.82 Å². The monoisotopic (exact) mass is 395 g/mol. The lowest BCUT2D eigenvalue weighted by molar-refractivity contribution is -0.121. The number of fused-ring (bicyclic) bond motifs is 1. The number of nitrogens with one attached hydrogen (secondary N) is 1. The summed E-state index contributed by atoms with van der Waals surface area (Å²) in [5, 5.41) is 8.15. The molecule has 1 aliphatic rings. The lowest BCUT2D eigenvalue weighted by Gasteiger charge is -2.32. The summed E-state index contributed by atoms with van der Waals surface area (Å²) in [6, 6.07) is 7.35. The Hall–Kier alpha value is -3.29. The highest BCUT2D eigenvalue weighted by atomic mass is 19.1. The van der Waals surface area contributed by atoms with Crippen LogP contribution in [-0.4, -0.2) is 44.6 Å². The van der Waals surface area contributed by atoms with Crippen LogP contribution in [-0.2, 0) is 11.8 Å². The second-order valence-corrected chi connectivity index (χ2v) is 7.39. The van der Waals surface area contributed by atoms with Crippen molar-refractivity contribution in [1.29, 1.82) is 0 Å². The topological polar surface area (TPSA) is 80.1 Å². The van der Waals surface area contributed by atoms with Crippen LogP contribution >= 0.6 is 0 Å². The van der Waals surface area contributed by atoms with Crippen LogP contribution in [0.15, 0.2) is 36.5 Å². The van der Waals surface area contributed by atoms with Crippen LogP contribution in [0.25, 0.3) is 11.0 Å². The van der Waals surface area contributed by atoms with Crippen molar-refractivity contribution in [3.63, 3.8) is 0 Å². The smallest absolute Gasteiger partial charge is 0.253 e. The third kappa shape index (κ3) is 3.83. The number of carbonyl (C=O) groups excluding carboxylic acids is 2. The maximum atomic E-state index is 13.1. The van der Waals surface area contributed by atoms with Crippen molar-refractivity contribution in [3.8, 4) is 0 Å². The second-order valence-electron chi connectivity index (χ2n) is 7.39. The Morgan fingerprint density at radius 3 is 2.76 bits per heavy atom. The van der Waals surface area contributed by atoms with E-state index in [1.54, 1.807) is 15.8 Å². The number of nitrogens with zero attached hydrogens (tertiary/aromatic N) is 4. The van der Waals surface area contributed by atoms with Gasteiger partial charge in [-0.1, -0.05) is 0 Å². The first kappa shape index (κ1) is 19.0. The van der Waals surface area contributed by atoms with Crippen LogP contribution in [0.4, 0.5) is 10.1 Å². The highest BCUT2D eigenvalue weighted by Gasteiger charge is 2.29. The van der Waals surface area contributed by atoms with Crippen LogP contribution in [0.3, 0.4) is 0 Å². The van der Waals surface area contributed by atoms with E-state index >= 15 is 0 Å². The molecule has 1 N–H and O–H groups in total. The zero-order chi connectivity index (χ0) is 20.5. The molecule has 2 aromatic heterocycles. The van der Waals surface area contributed by atoms with E-state index in [0.717, 1.165) is 23.1 Å². The average molecular weight is 395 g/mol. The number of aromatic nitrogens is 3. The lowest BCUT2D eigenvalue weighted by atomic mass is 9.96. The molecule has 1 aliphatic heterocycles. The average Bonchev–Trinajstić information content (AvgIpc) is 3.01. The number of aryl methyl sites for hydroxylation is 2. The molecule has 7 nitrogen and oxygen atoms in total. The van der Waals surface area contributed by atoms with Gasteiger partial charge in [-0.2, -0.15) is 5.10 Å². The van der Waals surface area contributed by atoms with Gasteiger partial charge in [-0.3, -0.25) is 14.3 Å². The Morgan fingerprint density at radius 2 is 2.00 bits per heavy atom. The first-order chi connectivity index (χ1) is 13.9. The molecule has 4 rings (SSSR count). The standard InChI is InChI=1S/C21H22FN5O2/c1-13-18-10-17(11-23-19(18)26(2)25-13)24-20(28)15-4-3-9-27(12-15)21(29)14-5-7-16(22)8-6-14/h5-8,10-11,15H,3-4,9,12H2,1-2H3,(H,24,28)/t15-/m0/s1. The van der Waals surface area contributed by atoms with Crippen LogP contribution in [0, 0.1) is 18.7 Å². The minimum Gasteiger partial charge on any atom is -0.338 e. The van der Waals surface area contributed by atoms with Gasteiger partial charge in [0.25, 0.3) is 5.91 Å². The van der Waals surface area contributed by atoms with E-state index in [-0.39, 0.29) is 23.5 Å². The molecule has 0 unspecified atom stereocenters. The molecule has 1 saturated heterocycles. The molecule has 3 aromatic rings. The van der Waals surface area contributed by atoms with Crippen LogP contribution in [0.1, 0.15) is 28.9 Å². The summed E-state index contributed by atoms with van der Waals surface area (Å²) in [6.07, 6.45) is 3.07. The fraction of sp³-hybridized carbons (Fsp3) is 0.333. The minimum absolute atomic E-state index is 0.135. The number of halogens is 1. The van der Waals surface area contributed by atoms with Gasteiger partial charge >= 0.3 is 0 Å². The molecule has 150 valence electrons. The molecule has 29 heavy (non-hydrogen) atoms. The van der Waals surface area contributed by atoms with E-state index < -0.39 is 0 Å². The van der Waals surface area contributed by atoms with Crippen molar-refractivity contribution in [2.75, 3.05) is 18.4 Å². The first-order valence-corrected chi connectivity index (χ1v) is 9.57. The van der Waals surface area contributed by atoms with Crippen LogP contribution in [0.5, 0.6) is 0 Å². The van der Waals surface area contributed by atoms with Gasteiger partial charge < -0.3 is 10.2 Å². The first-order valence-electron chi connectivity index (χ1n) is 9.57. The predicted octanol–water partition coefficient (Wildman–Crippen LogP) is 2.91. The number of rotatable bonds is 3. The molecule has 2 amide bonds. The van der Waals surface area contributed by atoms with E-state index in [9.17, 15) is 14.0 Å². The van der Waals surface area contributed by atoms with Gasteiger partial charge in [0.15, 0.2) is 5.65 Å². The third-order valence-corrected chi connectivity index (χ3v) is 5.30. The Morgan fingerprint density at radius 1 is 1.24 bits per heavy atom. The Bertz CT molecular complexity index is 1080. The number of pyridine rings is 1. The largest absolute Gasteiger partial charge is 0.338 e. The number of amides is 2. The van der Waals surface area contributed by atoms with Gasteiger partial charge in [-0.05, 0) is 50.1 Å². The Kier molecular flexibility index (Phi) is 5.00. The van der Waals surface area contributed by atoms with E-state index in [4.69, 9.17) is 0 Å². The minimum atomic E-state index is -0.383. The molecule has 0 radical (unpaired) electrons. The van der Waals surface area contributed by atoms with Crippen molar-refractivity contribution in [1.82, 2.24) is 19.7 Å². The van der Waals surface area contributed by atoms with Crippen LogP contribution < -0.4 is 5.32 Å². The molecular formula is C21H22FN5O2. The predicted molar refractivity (Wildman–Crippen MR) is 107 cm³/mol. The van der Waals surface area contributed by atoms with Crippen molar-refractivity contribution in [2.45, 2.75) is 19.8 Å². The van der Waals surface area contributed by atoms with E-state index in [0.29, 0.717) is 30.8 Å². The number of anilines is 1. The van der Waals surface area contributed by atoms with Gasteiger partial charge in [-0.15, -0.1) is 0 Å². The van der Waals surface area contributed by atoms with Gasteiger partial charge in [0, 0.05) is 31.1 Å². The fourth-order valence-corrected chi connectivity index (χ4v) is 3.77. The maximum absolute atomic E-state index is 13.1. The Balaban J connectivity index is 1.45. The fourth-order valence-electron chi connectivity index (χ4n) is 3.77. The molecule has 8 heteroatoms. The molecule has 1 fully saturated rings. The van der Waals surface area contributed by atoms with Gasteiger partial charge in [0.05, 0.1) is 23.5 Å². The maximum Gasteiger partial charge on any atom is 0.253 e. The lowest BCUT2D eigenvalue weighted by Crippen LogP contribution is -2.43. The van der Waals surface area contributed by atoms with Crippen molar-refractivity contribution in [3.05, 3.63) is 53.6 Å². The SMILES string of the molecule is Cc1nn(C)c2ncc(NC(=O)[C@H]3CCCN(C(=O)c4ccc(F)cc4)C3)cc12.